The van der Waals surface area contributed by atoms with E-state index in [-0.39, 0.29) is 5.82 Å². The number of nitrogens with zero attached hydrogens (tertiary/aromatic N) is 7. The normalized spacial score (nSPS) is 16.5. The maximum atomic E-state index is 14.2. The highest BCUT2D eigenvalue weighted by molar-refractivity contribution is 5.60. The van der Waals surface area contributed by atoms with E-state index in [0.717, 1.165) is 31.0 Å². The van der Waals surface area contributed by atoms with Gasteiger partial charge in [-0.15, -0.1) is 15.3 Å². The summed E-state index contributed by atoms with van der Waals surface area (Å²) in [5, 5.41) is 13.0. The molecule has 4 heterocycles. The molecular formula is C20H18FN7. The van der Waals surface area contributed by atoms with Crippen molar-refractivity contribution in [2.45, 2.75) is 31.8 Å². The number of halogens is 1. The lowest BCUT2D eigenvalue weighted by molar-refractivity contribution is 0.627. The second kappa shape index (κ2) is 5.85. The van der Waals surface area contributed by atoms with Gasteiger partial charge in [0.1, 0.15) is 11.6 Å². The first-order valence-electron chi connectivity index (χ1n) is 9.55. The number of benzene rings is 1. The lowest BCUT2D eigenvalue weighted by Gasteiger charge is -2.28. The lowest BCUT2D eigenvalue weighted by Crippen LogP contribution is -2.32. The molecule has 0 atom stereocenters. The van der Waals surface area contributed by atoms with Crippen molar-refractivity contribution in [3.63, 3.8) is 0 Å². The van der Waals surface area contributed by atoms with E-state index in [1.165, 1.54) is 24.6 Å². The van der Waals surface area contributed by atoms with Crippen LogP contribution in [0.2, 0.25) is 0 Å². The highest BCUT2D eigenvalue weighted by Gasteiger charge is 2.30. The zero-order valence-corrected chi connectivity index (χ0v) is 15.2. The van der Waals surface area contributed by atoms with Gasteiger partial charge in [0.2, 0.25) is 0 Å². The third-order valence-electron chi connectivity index (χ3n) is 5.57. The average Bonchev–Trinajstić information content (AvgIpc) is 3.34. The van der Waals surface area contributed by atoms with Gasteiger partial charge in [0.25, 0.3) is 0 Å². The smallest absolute Gasteiger partial charge is 0.188 e. The number of hydrogen-bond acceptors (Lipinski definition) is 5. The quantitative estimate of drug-likeness (QED) is 0.551. The van der Waals surface area contributed by atoms with Gasteiger partial charge in [0.15, 0.2) is 11.5 Å². The first-order valence-corrected chi connectivity index (χ1v) is 9.55. The van der Waals surface area contributed by atoms with Crippen LogP contribution in [-0.2, 0) is 13.0 Å². The summed E-state index contributed by atoms with van der Waals surface area (Å²) in [7, 11) is 0. The molecule has 0 amide bonds. The Morgan fingerprint density at radius 1 is 1.04 bits per heavy atom. The molecule has 8 heteroatoms. The molecule has 0 saturated heterocycles. The summed E-state index contributed by atoms with van der Waals surface area (Å²) in [5.74, 6) is 0.888. The van der Waals surface area contributed by atoms with Crippen LogP contribution in [0.5, 0.6) is 0 Å². The van der Waals surface area contributed by atoms with Gasteiger partial charge in [-0.2, -0.15) is 4.52 Å². The van der Waals surface area contributed by atoms with Crippen LogP contribution in [0.1, 0.15) is 30.3 Å². The maximum absolute atomic E-state index is 14.2. The molecule has 1 aromatic carbocycles. The van der Waals surface area contributed by atoms with Gasteiger partial charge in [-0.1, -0.05) is 12.1 Å². The summed E-state index contributed by atoms with van der Waals surface area (Å²) in [4.78, 5) is 6.84. The first-order chi connectivity index (χ1) is 13.8. The van der Waals surface area contributed by atoms with Gasteiger partial charge in [0.05, 0.1) is 24.1 Å². The molecule has 3 aromatic heterocycles. The Morgan fingerprint density at radius 3 is 2.79 bits per heavy atom. The minimum atomic E-state index is -0.336. The Kier molecular flexibility index (Phi) is 3.29. The predicted molar refractivity (Wildman–Crippen MR) is 101 cm³/mol. The lowest BCUT2D eigenvalue weighted by atomic mass is 10.1. The van der Waals surface area contributed by atoms with Gasteiger partial charge in [-0.25, -0.2) is 9.37 Å². The fourth-order valence-corrected chi connectivity index (χ4v) is 3.95. The van der Waals surface area contributed by atoms with E-state index in [9.17, 15) is 4.39 Å². The van der Waals surface area contributed by atoms with Crippen molar-refractivity contribution >= 4 is 11.5 Å². The van der Waals surface area contributed by atoms with Crippen molar-refractivity contribution < 1.29 is 4.39 Å². The second-order valence-electron chi connectivity index (χ2n) is 7.41. The molecule has 1 saturated carbocycles. The number of aromatic nitrogens is 6. The fraction of sp³-hybridized carbons (Fsp3) is 0.300. The number of hydrogen-bond donors (Lipinski definition) is 0. The predicted octanol–water partition coefficient (Wildman–Crippen LogP) is 3.02. The number of fused-ring (bicyclic) bond motifs is 2. The summed E-state index contributed by atoms with van der Waals surface area (Å²) >= 11 is 0. The van der Waals surface area contributed by atoms with E-state index < -0.39 is 0 Å². The summed E-state index contributed by atoms with van der Waals surface area (Å²) in [6.07, 6.45) is 5.46. The van der Waals surface area contributed by atoms with Crippen LogP contribution in [0.4, 0.5) is 10.2 Å². The van der Waals surface area contributed by atoms with Crippen LogP contribution in [-0.4, -0.2) is 35.9 Å². The highest BCUT2D eigenvalue weighted by atomic mass is 19.1. The molecule has 1 aliphatic carbocycles. The Balaban J connectivity index is 1.37. The van der Waals surface area contributed by atoms with E-state index in [2.05, 4.69) is 24.6 Å². The number of anilines is 1. The Bertz CT molecular complexity index is 1190. The van der Waals surface area contributed by atoms with Crippen LogP contribution >= 0.6 is 0 Å². The van der Waals surface area contributed by atoms with Crippen molar-refractivity contribution in [3.8, 4) is 11.4 Å². The van der Waals surface area contributed by atoms with Crippen LogP contribution in [0.3, 0.4) is 0 Å². The van der Waals surface area contributed by atoms with Crippen molar-refractivity contribution in [2.24, 2.45) is 0 Å². The van der Waals surface area contributed by atoms with E-state index in [1.807, 2.05) is 18.5 Å². The molecule has 0 unspecified atom stereocenters. The summed E-state index contributed by atoms with van der Waals surface area (Å²) < 4.78 is 18.2. The number of rotatable bonds is 3. The first kappa shape index (κ1) is 15.7. The van der Waals surface area contributed by atoms with Crippen LogP contribution < -0.4 is 4.90 Å². The minimum Gasteiger partial charge on any atom is -0.349 e. The minimum absolute atomic E-state index is 0.336. The molecule has 0 N–H and O–H groups in total. The third kappa shape index (κ3) is 2.41. The van der Waals surface area contributed by atoms with Crippen molar-refractivity contribution in [2.75, 3.05) is 11.4 Å². The van der Waals surface area contributed by atoms with Gasteiger partial charge in [-0.3, -0.25) is 0 Å². The monoisotopic (exact) mass is 375 g/mol. The average molecular weight is 375 g/mol. The highest BCUT2D eigenvalue weighted by Crippen LogP contribution is 2.37. The SMILES string of the molecule is Fc1ccccc1-c1nnc2ccc(N3CCc4c(ncn4C4CC4)C3)nn12. The molecule has 4 aromatic rings. The Hall–Kier alpha value is -3.29. The van der Waals surface area contributed by atoms with Gasteiger partial charge < -0.3 is 9.47 Å². The standard InChI is InChI=1S/C20H18FN7/c21-15-4-2-1-3-14(15)20-24-23-18-7-8-19(25-28(18)20)26-10-9-17-16(11-26)22-12-27(17)13-5-6-13/h1-4,7-8,12-13H,5-6,9-11H2. The zero-order valence-electron chi connectivity index (χ0n) is 15.2. The molecule has 2 aliphatic rings. The van der Waals surface area contributed by atoms with E-state index >= 15 is 0 Å². The molecular weight excluding hydrogens is 357 g/mol. The zero-order chi connectivity index (χ0) is 18.7. The summed E-state index contributed by atoms with van der Waals surface area (Å²) in [6, 6.07) is 11.0. The largest absolute Gasteiger partial charge is 0.349 e. The molecule has 140 valence electrons. The maximum Gasteiger partial charge on any atom is 0.188 e. The van der Waals surface area contributed by atoms with Gasteiger partial charge in [-0.05, 0) is 37.1 Å². The van der Waals surface area contributed by atoms with Gasteiger partial charge >= 0.3 is 0 Å². The fourth-order valence-electron chi connectivity index (χ4n) is 3.95. The number of imidazole rings is 1. The van der Waals surface area contributed by atoms with E-state index in [1.54, 1.807) is 22.7 Å². The molecule has 6 rings (SSSR count). The van der Waals surface area contributed by atoms with Crippen molar-refractivity contribution in [1.29, 1.82) is 0 Å². The molecule has 0 bridgehead atoms. The topological polar surface area (TPSA) is 64.1 Å². The second-order valence-corrected chi connectivity index (χ2v) is 7.41. The van der Waals surface area contributed by atoms with Gasteiger partial charge in [0, 0.05) is 24.7 Å². The molecule has 0 spiro atoms. The van der Waals surface area contributed by atoms with Crippen molar-refractivity contribution in [3.05, 3.63) is 59.9 Å². The Labute approximate surface area is 160 Å². The molecule has 1 aliphatic heterocycles. The van der Waals surface area contributed by atoms with Crippen LogP contribution in [0.15, 0.2) is 42.7 Å². The van der Waals surface area contributed by atoms with Crippen molar-refractivity contribution in [1.82, 2.24) is 29.4 Å². The van der Waals surface area contributed by atoms with E-state index in [0.29, 0.717) is 23.1 Å². The third-order valence-corrected chi connectivity index (χ3v) is 5.57. The summed E-state index contributed by atoms with van der Waals surface area (Å²) in [5.41, 5.74) is 3.47. The Morgan fingerprint density at radius 2 is 1.93 bits per heavy atom. The molecule has 7 nitrogen and oxygen atoms in total. The molecule has 1 fully saturated rings. The van der Waals surface area contributed by atoms with Crippen LogP contribution in [0, 0.1) is 5.82 Å². The van der Waals surface area contributed by atoms with Crippen LogP contribution in [0.25, 0.3) is 17.0 Å². The summed E-state index contributed by atoms with van der Waals surface area (Å²) in [6.45, 7) is 1.60. The molecule has 0 radical (unpaired) electrons. The molecule has 28 heavy (non-hydrogen) atoms. The van der Waals surface area contributed by atoms with E-state index in [4.69, 9.17) is 5.10 Å².